The topological polar surface area (TPSA) is 75.2 Å². The lowest BCUT2D eigenvalue weighted by Gasteiger charge is -2.13. The molecule has 0 aromatic rings. The fraction of sp³-hybridized carbons (Fsp3) is 0.875. The van der Waals surface area contributed by atoms with Crippen LogP contribution in [0.4, 0.5) is 0 Å². The average molecular weight is 330 g/mol. The van der Waals surface area contributed by atoms with Gasteiger partial charge in [-0.15, -0.1) is 0 Å². The number of hydrogen-bond donors (Lipinski definition) is 2. The Bertz CT molecular complexity index is 322. The third kappa shape index (κ3) is 14.0. The smallest absolute Gasteiger partial charge is 0.223 e. The SMILES string of the molecule is CCCCOCCOCCN=C(NCC)NCCC(=O)N(C)C. The van der Waals surface area contributed by atoms with Gasteiger partial charge in [0, 0.05) is 40.2 Å². The summed E-state index contributed by atoms with van der Waals surface area (Å²) in [6.45, 7) is 8.66. The van der Waals surface area contributed by atoms with Crippen molar-refractivity contribution in [3.8, 4) is 0 Å². The number of nitrogens with zero attached hydrogens (tertiary/aromatic N) is 2. The van der Waals surface area contributed by atoms with Gasteiger partial charge in [0.1, 0.15) is 0 Å². The van der Waals surface area contributed by atoms with Crippen LogP contribution in [0.5, 0.6) is 0 Å². The van der Waals surface area contributed by atoms with E-state index in [9.17, 15) is 4.79 Å². The monoisotopic (exact) mass is 330 g/mol. The highest BCUT2D eigenvalue weighted by Gasteiger charge is 2.04. The van der Waals surface area contributed by atoms with Crippen LogP contribution in [0.3, 0.4) is 0 Å². The molecule has 0 unspecified atom stereocenters. The van der Waals surface area contributed by atoms with Crippen LogP contribution in [0.15, 0.2) is 4.99 Å². The second-order valence-electron chi connectivity index (χ2n) is 5.30. The van der Waals surface area contributed by atoms with Crippen molar-refractivity contribution in [1.29, 1.82) is 0 Å². The normalized spacial score (nSPS) is 11.4. The van der Waals surface area contributed by atoms with Gasteiger partial charge < -0.3 is 25.0 Å². The number of hydrogen-bond acceptors (Lipinski definition) is 4. The summed E-state index contributed by atoms with van der Waals surface area (Å²) in [7, 11) is 3.51. The molecule has 2 N–H and O–H groups in total. The second-order valence-corrected chi connectivity index (χ2v) is 5.30. The highest BCUT2D eigenvalue weighted by molar-refractivity contribution is 5.81. The molecular weight excluding hydrogens is 296 g/mol. The maximum atomic E-state index is 11.5. The molecule has 0 aliphatic rings. The Morgan fingerprint density at radius 2 is 1.74 bits per heavy atom. The zero-order valence-corrected chi connectivity index (χ0v) is 15.2. The lowest BCUT2D eigenvalue weighted by molar-refractivity contribution is -0.128. The number of amides is 1. The predicted octanol–water partition coefficient (Wildman–Crippen LogP) is 0.853. The summed E-state index contributed by atoms with van der Waals surface area (Å²) < 4.78 is 10.9. The van der Waals surface area contributed by atoms with Crippen molar-refractivity contribution >= 4 is 11.9 Å². The van der Waals surface area contributed by atoms with Crippen molar-refractivity contribution in [2.45, 2.75) is 33.1 Å². The van der Waals surface area contributed by atoms with E-state index in [1.165, 1.54) is 0 Å². The molecule has 0 aliphatic heterocycles. The summed E-state index contributed by atoms with van der Waals surface area (Å²) >= 11 is 0. The number of carbonyl (C=O) groups excluding carboxylic acids is 1. The molecule has 0 fully saturated rings. The minimum absolute atomic E-state index is 0.0970. The lowest BCUT2D eigenvalue weighted by Crippen LogP contribution is -2.39. The van der Waals surface area contributed by atoms with E-state index in [4.69, 9.17) is 9.47 Å². The Labute approximate surface area is 140 Å². The number of carbonyl (C=O) groups is 1. The van der Waals surface area contributed by atoms with Gasteiger partial charge in [0.15, 0.2) is 5.96 Å². The van der Waals surface area contributed by atoms with Crippen molar-refractivity contribution in [3.05, 3.63) is 0 Å². The maximum absolute atomic E-state index is 11.5. The quantitative estimate of drug-likeness (QED) is 0.297. The van der Waals surface area contributed by atoms with E-state index in [1.54, 1.807) is 19.0 Å². The summed E-state index contributed by atoms with van der Waals surface area (Å²) in [5.41, 5.74) is 0. The van der Waals surface area contributed by atoms with Crippen molar-refractivity contribution in [1.82, 2.24) is 15.5 Å². The number of ether oxygens (including phenoxy) is 2. The highest BCUT2D eigenvalue weighted by atomic mass is 16.5. The Hall–Kier alpha value is -1.34. The van der Waals surface area contributed by atoms with Gasteiger partial charge in [-0.3, -0.25) is 9.79 Å². The number of nitrogens with one attached hydrogen (secondary N) is 2. The highest BCUT2D eigenvalue weighted by Crippen LogP contribution is 1.88. The van der Waals surface area contributed by atoms with Crippen molar-refractivity contribution in [2.75, 3.05) is 60.2 Å². The largest absolute Gasteiger partial charge is 0.379 e. The molecular formula is C16H34N4O3. The molecule has 1 amide bonds. The Morgan fingerprint density at radius 1 is 1.04 bits per heavy atom. The molecule has 0 heterocycles. The zero-order valence-electron chi connectivity index (χ0n) is 15.2. The maximum Gasteiger partial charge on any atom is 0.223 e. The number of guanidine groups is 1. The van der Waals surface area contributed by atoms with Gasteiger partial charge in [-0.1, -0.05) is 13.3 Å². The summed E-state index contributed by atoms with van der Waals surface area (Å²) in [6.07, 6.45) is 2.69. The molecule has 0 radical (unpaired) electrons. The first-order chi connectivity index (χ1) is 11.1. The molecule has 23 heavy (non-hydrogen) atoms. The van der Waals surface area contributed by atoms with Crippen molar-refractivity contribution in [2.24, 2.45) is 4.99 Å². The minimum atomic E-state index is 0.0970. The minimum Gasteiger partial charge on any atom is -0.379 e. The third-order valence-corrected chi connectivity index (χ3v) is 2.99. The fourth-order valence-corrected chi connectivity index (χ4v) is 1.64. The first-order valence-electron chi connectivity index (χ1n) is 8.49. The van der Waals surface area contributed by atoms with Gasteiger partial charge in [-0.05, 0) is 13.3 Å². The third-order valence-electron chi connectivity index (χ3n) is 2.99. The van der Waals surface area contributed by atoms with Crippen LogP contribution in [-0.4, -0.2) is 76.9 Å². The van der Waals surface area contributed by atoms with E-state index in [1.807, 2.05) is 6.92 Å². The molecule has 0 saturated heterocycles. The predicted molar refractivity (Wildman–Crippen MR) is 93.8 cm³/mol. The van der Waals surface area contributed by atoms with E-state index in [0.29, 0.717) is 45.3 Å². The van der Waals surface area contributed by atoms with Crippen LogP contribution in [-0.2, 0) is 14.3 Å². The number of aliphatic imine (C=N–C) groups is 1. The second kappa shape index (κ2) is 15.6. The molecule has 0 aromatic carbocycles. The van der Waals surface area contributed by atoms with Crippen molar-refractivity contribution in [3.63, 3.8) is 0 Å². The van der Waals surface area contributed by atoms with Gasteiger partial charge in [-0.2, -0.15) is 0 Å². The first kappa shape index (κ1) is 21.7. The van der Waals surface area contributed by atoms with Crippen molar-refractivity contribution < 1.29 is 14.3 Å². The first-order valence-corrected chi connectivity index (χ1v) is 8.49. The zero-order chi connectivity index (χ0) is 17.3. The van der Waals surface area contributed by atoms with Crippen LogP contribution in [0, 0.1) is 0 Å². The van der Waals surface area contributed by atoms with E-state index >= 15 is 0 Å². The number of unbranched alkanes of at least 4 members (excludes halogenated alkanes) is 1. The Balaban J connectivity index is 3.74. The summed E-state index contributed by atoms with van der Waals surface area (Å²) in [4.78, 5) is 17.5. The van der Waals surface area contributed by atoms with Crippen LogP contribution in [0.2, 0.25) is 0 Å². The molecule has 7 heteroatoms. The summed E-state index contributed by atoms with van der Waals surface area (Å²) in [5.74, 6) is 0.807. The molecule has 0 rings (SSSR count). The van der Waals surface area contributed by atoms with Gasteiger partial charge >= 0.3 is 0 Å². The number of rotatable bonds is 13. The molecule has 7 nitrogen and oxygen atoms in total. The summed E-state index contributed by atoms with van der Waals surface area (Å²) in [5, 5.41) is 6.29. The Kier molecular flexibility index (Phi) is 14.6. The molecule has 136 valence electrons. The van der Waals surface area contributed by atoms with E-state index in [2.05, 4.69) is 22.5 Å². The van der Waals surface area contributed by atoms with Crippen LogP contribution in [0.1, 0.15) is 33.1 Å². The van der Waals surface area contributed by atoms with Gasteiger partial charge in [-0.25, -0.2) is 0 Å². The standard InChI is InChI=1S/C16H34N4O3/c1-5-7-11-22-13-14-23-12-10-19-16(17-6-2)18-9-8-15(21)20(3)4/h5-14H2,1-4H3,(H2,17,18,19). The summed E-state index contributed by atoms with van der Waals surface area (Å²) in [6, 6.07) is 0. The van der Waals surface area contributed by atoms with E-state index < -0.39 is 0 Å². The molecule has 0 atom stereocenters. The molecule has 0 spiro atoms. The molecule has 0 saturated carbocycles. The lowest BCUT2D eigenvalue weighted by atomic mass is 10.4. The van der Waals surface area contributed by atoms with E-state index in [-0.39, 0.29) is 5.91 Å². The van der Waals surface area contributed by atoms with Gasteiger partial charge in [0.05, 0.1) is 26.4 Å². The fourth-order valence-electron chi connectivity index (χ4n) is 1.64. The van der Waals surface area contributed by atoms with Gasteiger partial charge in [0.2, 0.25) is 5.91 Å². The molecule has 0 aliphatic carbocycles. The molecule has 0 aromatic heterocycles. The van der Waals surface area contributed by atoms with Crippen LogP contribution >= 0.6 is 0 Å². The average Bonchev–Trinajstić information content (AvgIpc) is 2.52. The van der Waals surface area contributed by atoms with Gasteiger partial charge in [0.25, 0.3) is 0 Å². The van der Waals surface area contributed by atoms with E-state index in [0.717, 1.165) is 26.0 Å². The Morgan fingerprint density at radius 3 is 2.35 bits per heavy atom. The molecule has 0 bridgehead atoms. The van der Waals surface area contributed by atoms with Crippen LogP contribution in [0.25, 0.3) is 0 Å². The van der Waals surface area contributed by atoms with Crippen LogP contribution < -0.4 is 10.6 Å².